The molecule has 2 atom stereocenters. The fourth-order valence-corrected chi connectivity index (χ4v) is 4.41. The van der Waals surface area contributed by atoms with E-state index in [9.17, 15) is 4.79 Å². The summed E-state index contributed by atoms with van der Waals surface area (Å²) in [5, 5.41) is 21.1. The molecule has 2 aromatic heterocycles. The summed E-state index contributed by atoms with van der Waals surface area (Å²) < 4.78 is 13.4. The van der Waals surface area contributed by atoms with Crippen molar-refractivity contribution in [1.29, 1.82) is 0 Å². The summed E-state index contributed by atoms with van der Waals surface area (Å²) in [7, 11) is 1.60. The number of carbonyl (C=O) groups excluding carboxylic acids is 1. The molecule has 0 aliphatic rings. The van der Waals surface area contributed by atoms with Gasteiger partial charge in [-0.3, -0.25) is 10.1 Å². The molecule has 0 fully saturated rings. The van der Waals surface area contributed by atoms with Gasteiger partial charge in [0, 0.05) is 6.54 Å². The number of hydrogen-bond acceptors (Lipinski definition) is 9. The molecule has 9 nitrogen and oxygen atoms in total. The predicted octanol–water partition coefficient (Wildman–Crippen LogP) is 3.98. The van der Waals surface area contributed by atoms with Crippen LogP contribution >= 0.6 is 23.1 Å². The number of carbonyl (C=O) groups is 1. The maximum Gasteiger partial charge on any atom is 0.239 e. The van der Waals surface area contributed by atoms with E-state index in [2.05, 4.69) is 25.7 Å². The standard InChI is InChI=1S/C20H26N6O3S2/c1-6-16-22-24-19(31-16)21-18(27)13(4)30-20-25-23-17(26(20)7-2)12(3)29-15-11-9-8-10-14(15)28-5/h8-13H,6-7H2,1-5H3,(H,21,24,27). The minimum absolute atomic E-state index is 0.158. The van der Waals surface area contributed by atoms with Crippen molar-refractivity contribution in [2.45, 2.75) is 57.2 Å². The van der Waals surface area contributed by atoms with E-state index in [-0.39, 0.29) is 17.3 Å². The van der Waals surface area contributed by atoms with Crippen LogP contribution in [-0.2, 0) is 17.8 Å². The molecule has 3 rings (SSSR count). The minimum Gasteiger partial charge on any atom is -0.493 e. The fourth-order valence-electron chi connectivity index (χ4n) is 2.81. The number of amides is 1. The molecule has 3 aromatic rings. The van der Waals surface area contributed by atoms with Gasteiger partial charge < -0.3 is 14.0 Å². The molecule has 1 aromatic carbocycles. The number of nitrogens with zero attached hydrogens (tertiary/aromatic N) is 5. The second-order valence-electron chi connectivity index (χ2n) is 6.60. The Hall–Kier alpha value is -2.66. The lowest BCUT2D eigenvalue weighted by Crippen LogP contribution is -2.23. The average molecular weight is 463 g/mol. The quantitative estimate of drug-likeness (QED) is 0.451. The summed E-state index contributed by atoms with van der Waals surface area (Å²) >= 11 is 2.72. The normalized spacial score (nSPS) is 12.9. The number of benzene rings is 1. The topological polar surface area (TPSA) is 104 Å². The Kier molecular flexibility index (Phi) is 7.85. The molecule has 0 aliphatic carbocycles. The van der Waals surface area contributed by atoms with Gasteiger partial charge in [0.25, 0.3) is 0 Å². The maximum absolute atomic E-state index is 12.6. The Morgan fingerprint density at radius 3 is 2.55 bits per heavy atom. The predicted molar refractivity (Wildman–Crippen MR) is 121 cm³/mol. The molecular formula is C20H26N6O3S2. The van der Waals surface area contributed by atoms with Crippen LogP contribution < -0.4 is 14.8 Å². The monoisotopic (exact) mass is 462 g/mol. The van der Waals surface area contributed by atoms with Crippen LogP contribution in [0, 0.1) is 0 Å². The molecule has 31 heavy (non-hydrogen) atoms. The minimum atomic E-state index is -0.387. The van der Waals surface area contributed by atoms with Crippen molar-refractivity contribution in [2.24, 2.45) is 0 Å². The van der Waals surface area contributed by atoms with E-state index in [0.717, 1.165) is 11.4 Å². The Morgan fingerprint density at radius 2 is 1.90 bits per heavy atom. The number of aromatic nitrogens is 5. The number of anilines is 1. The molecule has 166 valence electrons. The van der Waals surface area contributed by atoms with Gasteiger partial charge in [-0.05, 0) is 39.3 Å². The SMILES string of the molecule is CCc1nnc(NC(=O)C(C)Sc2nnc(C(C)Oc3ccccc3OC)n2CC)s1. The van der Waals surface area contributed by atoms with E-state index in [1.807, 2.05) is 56.5 Å². The smallest absolute Gasteiger partial charge is 0.239 e. The number of rotatable bonds is 10. The van der Waals surface area contributed by atoms with E-state index in [1.165, 1.54) is 23.1 Å². The fraction of sp³-hybridized carbons (Fsp3) is 0.450. The summed E-state index contributed by atoms with van der Waals surface area (Å²) in [5.74, 6) is 1.81. The third-order valence-electron chi connectivity index (χ3n) is 4.45. The van der Waals surface area contributed by atoms with Crippen molar-refractivity contribution in [2.75, 3.05) is 12.4 Å². The van der Waals surface area contributed by atoms with Crippen LogP contribution in [0.25, 0.3) is 0 Å². The highest BCUT2D eigenvalue weighted by Crippen LogP contribution is 2.32. The third-order valence-corrected chi connectivity index (χ3v) is 6.51. The third kappa shape index (κ3) is 5.53. The van der Waals surface area contributed by atoms with Crippen molar-refractivity contribution >= 4 is 34.1 Å². The maximum atomic E-state index is 12.6. The van der Waals surface area contributed by atoms with Gasteiger partial charge >= 0.3 is 0 Å². The van der Waals surface area contributed by atoms with Gasteiger partial charge in [-0.15, -0.1) is 20.4 Å². The highest BCUT2D eigenvalue weighted by molar-refractivity contribution is 8.00. The van der Waals surface area contributed by atoms with Gasteiger partial charge in [-0.25, -0.2) is 0 Å². The van der Waals surface area contributed by atoms with Crippen LogP contribution in [0.4, 0.5) is 5.13 Å². The van der Waals surface area contributed by atoms with Gasteiger partial charge in [0.15, 0.2) is 28.6 Å². The molecule has 0 aliphatic heterocycles. The van der Waals surface area contributed by atoms with Gasteiger partial charge in [-0.2, -0.15) is 0 Å². The van der Waals surface area contributed by atoms with Crippen molar-refractivity contribution in [3.63, 3.8) is 0 Å². The summed E-state index contributed by atoms with van der Waals surface area (Å²) in [5.41, 5.74) is 0. The first-order chi connectivity index (χ1) is 15.0. The van der Waals surface area contributed by atoms with E-state index >= 15 is 0 Å². The highest BCUT2D eigenvalue weighted by Gasteiger charge is 2.24. The Labute approximate surface area is 189 Å². The van der Waals surface area contributed by atoms with Gasteiger partial charge in [0.2, 0.25) is 11.0 Å². The van der Waals surface area contributed by atoms with Crippen LogP contribution in [0.3, 0.4) is 0 Å². The Balaban J connectivity index is 1.69. The molecular weight excluding hydrogens is 436 g/mol. The van der Waals surface area contributed by atoms with Gasteiger partial charge in [0.05, 0.1) is 12.4 Å². The van der Waals surface area contributed by atoms with Crippen molar-refractivity contribution < 1.29 is 14.3 Å². The van der Waals surface area contributed by atoms with Crippen LogP contribution in [-0.4, -0.2) is 43.2 Å². The first-order valence-corrected chi connectivity index (χ1v) is 11.7. The molecule has 11 heteroatoms. The zero-order chi connectivity index (χ0) is 22.4. The second-order valence-corrected chi connectivity index (χ2v) is 8.97. The van der Waals surface area contributed by atoms with Crippen LogP contribution in [0.15, 0.2) is 29.4 Å². The van der Waals surface area contributed by atoms with E-state index in [0.29, 0.717) is 34.2 Å². The number of methoxy groups -OCH3 is 1. The molecule has 0 spiro atoms. The van der Waals surface area contributed by atoms with E-state index in [4.69, 9.17) is 9.47 Å². The molecule has 0 saturated carbocycles. The summed E-state index contributed by atoms with van der Waals surface area (Å²) in [6.07, 6.45) is 0.436. The molecule has 1 amide bonds. The number of thioether (sulfide) groups is 1. The summed E-state index contributed by atoms with van der Waals surface area (Å²) in [4.78, 5) is 12.6. The zero-order valence-corrected chi connectivity index (χ0v) is 19.8. The number of aryl methyl sites for hydroxylation is 1. The summed E-state index contributed by atoms with van der Waals surface area (Å²) in [6.45, 7) is 8.39. The number of hydrogen-bond donors (Lipinski definition) is 1. The van der Waals surface area contributed by atoms with Crippen molar-refractivity contribution in [3.8, 4) is 11.5 Å². The average Bonchev–Trinajstić information content (AvgIpc) is 3.40. The van der Waals surface area contributed by atoms with Crippen molar-refractivity contribution in [1.82, 2.24) is 25.0 Å². The molecule has 2 heterocycles. The van der Waals surface area contributed by atoms with Gasteiger partial charge in [0.1, 0.15) is 5.01 Å². The van der Waals surface area contributed by atoms with Crippen LogP contribution in [0.1, 0.15) is 44.6 Å². The first kappa shape index (κ1) is 23.0. The number of nitrogens with one attached hydrogen (secondary N) is 1. The molecule has 2 unspecified atom stereocenters. The summed E-state index contributed by atoms with van der Waals surface area (Å²) in [6, 6.07) is 7.46. The lowest BCUT2D eigenvalue weighted by Gasteiger charge is -2.17. The second kappa shape index (κ2) is 10.6. The number of ether oxygens (including phenoxy) is 2. The van der Waals surface area contributed by atoms with Crippen LogP contribution in [0.5, 0.6) is 11.5 Å². The molecule has 1 N–H and O–H groups in total. The highest BCUT2D eigenvalue weighted by atomic mass is 32.2. The van der Waals surface area contributed by atoms with E-state index < -0.39 is 0 Å². The molecule has 0 radical (unpaired) electrons. The lowest BCUT2D eigenvalue weighted by molar-refractivity contribution is -0.115. The molecule has 0 bridgehead atoms. The van der Waals surface area contributed by atoms with Gasteiger partial charge in [-0.1, -0.05) is 42.2 Å². The Bertz CT molecular complexity index is 1020. The van der Waals surface area contributed by atoms with Crippen molar-refractivity contribution in [3.05, 3.63) is 35.1 Å². The Morgan fingerprint density at radius 1 is 1.16 bits per heavy atom. The largest absolute Gasteiger partial charge is 0.493 e. The lowest BCUT2D eigenvalue weighted by atomic mass is 10.3. The molecule has 0 saturated heterocycles. The first-order valence-electron chi connectivity index (χ1n) is 9.99. The van der Waals surface area contributed by atoms with E-state index in [1.54, 1.807) is 7.11 Å². The van der Waals surface area contributed by atoms with Crippen LogP contribution in [0.2, 0.25) is 0 Å². The zero-order valence-electron chi connectivity index (χ0n) is 18.2. The number of para-hydroxylation sites is 2.